The molecule has 4 aromatic heterocycles. The van der Waals surface area contributed by atoms with E-state index in [2.05, 4.69) is 139 Å². The van der Waals surface area contributed by atoms with Crippen molar-refractivity contribution in [3.05, 3.63) is 132 Å². The molecule has 6 aromatic carbocycles. The third-order valence-electron chi connectivity index (χ3n) is 10.2. The van der Waals surface area contributed by atoms with E-state index in [9.17, 15) is 0 Å². The highest BCUT2D eigenvalue weighted by atomic mass is 32.1. The molecule has 1 aliphatic rings. The summed E-state index contributed by atoms with van der Waals surface area (Å²) in [6.45, 7) is 2.33. The SMILES string of the molecule is CC1CC=Cc2cc3c(cc21)c1cc2ccccc2cc1n3-c1nc(-c2ccc3c(c2)sc2ccccc23)c2sc3ccccc3c2n1. The smallest absolute Gasteiger partial charge is 0.235 e. The van der Waals surface area contributed by atoms with E-state index in [4.69, 9.17) is 9.97 Å². The van der Waals surface area contributed by atoms with Crippen molar-refractivity contribution in [2.75, 3.05) is 0 Å². The highest BCUT2D eigenvalue weighted by Gasteiger charge is 2.23. The molecule has 0 bridgehead atoms. The van der Waals surface area contributed by atoms with Crippen LogP contribution in [-0.4, -0.2) is 14.5 Å². The van der Waals surface area contributed by atoms with Gasteiger partial charge in [-0.1, -0.05) is 91.9 Å². The number of nitrogens with zero attached hydrogens (tertiary/aromatic N) is 3. The van der Waals surface area contributed by atoms with Crippen LogP contribution in [0.25, 0.3) is 96.3 Å². The maximum atomic E-state index is 5.53. The highest BCUT2D eigenvalue weighted by Crippen LogP contribution is 2.44. The minimum atomic E-state index is 0.480. The number of aromatic nitrogens is 3. The van der Waals surface area contributed by atoms with Crippen molar-refractivity contribution in [1.29, 1.82) is 0 Å². The molecule has 0 N–H and O–H groups in total. The monoisotopic (exact) mass is 649 g/mol. The summed E-state index contributed by atoms with van der Waals surface area (Å²) in [6, 6.07) is 42.3. The fourth-order valence-electron chi connectivity index (χ4n) is 7.84. The fourth-order valence-corrected chi connectivity index (χ4v) is 10.1. The van der Waals surface area contributed by atoms with Gasteiger partial charge in [0, 0.05) is 46.6 Å². The molecule has 0 saturated carbocycles. The van der Waals surface area contributed by atoms with Gasteiger partial charge < -0.3 is 0 Å². The van der Waals surface area contributed by atoms with Crippen LogP contribution in [0.2, 0.25) is 0 Å². The topological polar surface area (TPSA) is 30.7 Å². The fraction of sp³-hybridized carbons (Fsp3) is 0.0698. The predicted octanol–water partition coefficient (Wildman–Crippen LogP) is 12.7. The predicted molar refractivity (Wildman–Crippen MR) is 207 cm³/mol. The van der Waals surface area contributed by atoms with E-state index < -0.39 is 0 Å². The zero-order valence-electron chi connectivity index (χ0n) is 26.1. The molecule has 0 aliphatic heterocycles. The second-order valence-electron chi connectivity index (χ2n) is 13.0. The van der Waals surface area contributed by atoms with Gasteiger partial charge in [0.15, 0.2) is 0 Å². The van der Waals surface area contributed by atoms with Crippen molar-refractivity contribution in [3.8, 4) is 17.2 Å². The van der Waals surface area contributed by atoms with Gasteiger partial charge in [-0.15, -0.1) is 22.7 Å². The maximum absolute atomic E-state index is 5.53. The average molecular weight is 650 g/mol. The molecule has 0 amide bonds. The molecule has 0 saturated heterocycles. The van der Waals surface area contributed by atoms with Gasteiger partial charge in [0.2, 0.25) is 5.95 Å². The Hall–Kier alpha value is -5.36. The van der Waals surface area contributed by atoms with Crippen LogP contribution in [-0.2, 0) is 0 Å². The number of benzene rings is 6. The molecule has 1 unspecified atom stereocenters. The first-order valence-electron chi connectivity index (χ1n) is 16.5. The summed E-state index contributed by atoms with van der Waals surface area (Å²) in [5, 5.41) is 8.72. The Kier molecular flexibility index (Phi) is 5.46. The molecular weight excluding hydrogens is 623 g/mol. The summed E-state index contributed by atoms with van der Waals surface area (Å²) in [5.74, 6) is 1.19. The molecule has 10 aromatic rings. The van der Waals surface area contributed by atoms with Crippen molar-refractivity contribution in [3.63, 3.8) is 0 Å². The van der Waals surface area contributed by atoms with Gasteiger partial charge in [-0.3, -0.25) is 4.57 Å². The molecule has 1 atom stereocenters. The molecule has 226 valence electrons. The normalized spacial score (nSPS) is 14.8. The first-order chi connectivity index (χ1) is 23.7. The Morgan fingerprint density at radius 1 is 0.625 bits per heavy atom. The van der Waals surface area contributed by atoms with Crippen molar-refractivity contribution in [1.82, 2.24) is 14.5 Å². The number of rotatable bonds is 2. The Labute approximate surface area is 284 Å². The lowest BCUT2D eigenvalue weighted by Gasteiger charge is -2.18. The van der Waals surface area contributed by atoms with E-state index in [1.807, 2.05) is 11.3 Å². The van der Waals surface area contributed by atoms with Gasteiger partial charge in [0.05, 0.1) is 26.9 Å². The summed E-state index contributed by atoms with van der Waals surface area (Å²) in [7, 11) is 0. The summed E-state index contributed by atoms with van der Waals surface area (Å²) in [5.41, 5.74) is 8.08. The van der Waals surface area contributed by atoms with Crippen LogP contribution in [0.1, 0.15) is 30.4 Å². The minimum absolute atomic E-state index is 0.480. The Bertz CT molecular complexity index is 3010. The Balaban J connectivity index is 1.27. The van der Waals surface area contributed by atoms with E-state index in [-0.39, 0.29) is 0 Å². The van der Waals surface area contributed by atoms with Crippen LogP contribution in [0.5, 0.6) is 0 Å². The largest absolute Gasteiger partial charge is 0.278 e. The van der Waals surface area contributed by atoms with Crippen LogP contribution in [0.15, 0.2) is 121 Å². The second kappa shape index (κ2) is 9.83. The van der Waals surface area contributed by atoms with E-state index in [1.54, 1.807) is 11.3 Å². The number of hydrogen-bond donors (Lipinski definition) is 0. The Morgan fingerprint density at radius 3 is 2.21 bits per heavy atom. The van der Waals surface area contributed by atoms with Crippen molar-refractivity contribution >= 4 is 102 Å². The summed E-state index contributed by atoms with van der Waals surface area (Å²) in [6.07, 6.45) is 5.66. The van der Waals surface area contributed by atoms with Gasteiger partial charge in [-0.05, 0) is 76.7 Å². The van der Waals surface area contributed by atoms with Gasteiger partial charge in [0.25, 0.3) is 0 Å². The Morgan fingerprint density at radius 2 is 1.33 bits per heavy atom. The van der Waals surface area contributed by atoms with Gasteiger partial charge in [-0.25, -0.2) is 9.97 Å². The first kappa shape index (κ1) is 26.7. The number of fused-ring (bicyclic) bond motifs is 11. The summed E-state index contributed by atoms with van der Waals surface area (Å²) >= 11 is 3.64. The first-order valence-corrected chi connectivity index (χ1v) is 18.1. The van der Waals surface area contributed by atoms with E-state index in [1.165, 1.54) is 62.9 Å². The molecule has 1 aliphatic carbocycles. The molecule has 0 spiro atoms. The van der Waals surface area contributed by atoms with Crippen molar-refractivity contribution in [2.24, 2.45) is 0 Å². The molecule has 48 heavy (non-hydrogen) atoms. The molecule has 4 heterocycles. The maximum Gasteiger partial charge on any atom is 0.235 e. The molecule has 0 fully saturated rings. The van der Waals surface area contributed by atoms with Crippen LogP contribution >= 0.6 is 22.7 Å². The molecule has 3 nitrogen and oxygen atoms in total. The lowest BCUT2D eigenvalue weighted by atomic mass is 9.87. The van der Waals surface area contributed by atoms with E-state index >= 15 is 0 Å². The van der Waals surface area contributed by atoms with Crippen molar-refractivity contribution in [2.45, 2.75) is 19.3 Å². The third-order valence-corrected chi connectivity index (χ3v) is 12.5. The molecule has 11 rings (SSSR count). The van der Waals surface area contributed by atoms with Crippen molar-refractivity contribution < 1.29 is 0 Å². The van der Waals surface area contributed by atoms with Crippen LogP contribution in [0.4, 0.5) is 0 Å². The quantitative estimate of drug-likeness (QED) is 0.187. The van der Waals surface area contributed by atoms with Gasteiger partial charge in [0.1, 0.15) is 0 Å². The third kappa shape index (κ3) is 3.74. The molecule has 5 heteroatoms. The lowest BCUT2D eigenvalue weighted by molar-refractivity contribution is 0.773. The van der Waals surface area contributed by atoms with Crippen LogP contribution < -0.4 is 0 Å². The van der Waals surface area contributed by atoms with Crippen LogP contribution in [0, 0.1) is 0 Å². The highest BCUT2D eigenvalue weighted by molar-refractivity contribution is 7.26. The number of hydrogen-bond acceptors (Lipinski definition) is 4. The zero-order chi connectivity index (χ0) is 31.5. The summed E-state index contributed by atoms with van der Waals surface area (Å²) in [4.78, 5) is 11.0. The second-order valence-corrected chi connectivity index (χ2v) is 15.2. The molecular formula is C43H27N3S2. The minimum Gasteiger partial charge on any atom is -0.278 e. The lowest BCUT2D eigenvalue weighted by Crippen LogP contribution is -2.04. The average Bonchev–Trinajstić information content (AvgIpc) is 3.78. The number of allylic oxidation sites excluding steroid dienone is 1. The summed E-state index contributed by atoms with van der Waals surface area (Å²) < 4.78 is 7.26. The zero-order valence-corrected chi connectivity index (χ0v) is 27.7. The van der Waals surface area contributed by atoms with E-state index in [0.29, 0.717) is 11.9 Å². The van der Waals surface area contributed by atoms with Gasteiger partial charge >= 0.3 is 0 Å². The van der Waals surface area contributed by atoms with Crippen LogP contribution in [0.3, 0.4) is 0 Å². The van der Waals surface area contributed by atoms with E-state index in [0.717, 1.165) is 38.9 Å². The number of thiophene rings is 2. The standard InChI is InChI=1S/C43H27N3S2/c1-24-9-8-12-27-21-36-34(23-32(24)27)33-19-25-10-2-3-11-26(25)20-35(33)46(36)43-44-40(42-41(45-43)31-14-5-7-16-38(31)48-42)28-17-18-30-29-13-4-6-15-37(29)47-39(30)22-28/h2-8,10-24H,9H2,1H3. The van der Waals surface area contributed by atoms with Gasteiger partial charge in [-0.2, -0.15) is 0 Å². The molecule has 0 radical (unpaired) electrons.